The van der Waals surface area contributed by atoms with Crippen molar-refractivity contribution in [3.63, 3.8) is 0 Å². The lowest BCUT2D eigenvalue weighted by atomic mass is 9.82. The molecule has 2 nitrogen and oxygen atoms in total. The minimum Gasteiger partial charge on any atom is -0.478 e. The summed E-state index contributed by atoms with van der Waals surface area (Å²) < 4.78 is 253. The second-order valence-electron chi connectivity index (χ2n) is 6.91. The Hall–Kier alpha value is -2.12. The van der Waals surface area contributed by atoms with Crippen LogP contribution in [0, 0.1) is 0 Å². The van der Waals surface area contributed by atoms with Crippen LogP contribution in [0.15, 0.2) is 11.1 Å². The molecule has 0 aromatic heterocycles. The highest BCUT2D eigenvalue weighted by Crippen LogP contribution is 2.66. The number of hydrogen-bond donors (Lipinski definition) is 1. The van der Waals surface area contributed by atoms with Gasteiger partial charge in [0.1, 0.15) is 5.57 Å². The van der Waals surface area contributed by atoms with E-state index in [-0.39, 0.29) is 6.92 Å². The zero-order valence-corrected chi connectivity index (χ0v) is 16.7. The van der Waals surface area contributed by atoms with Gasteiger partial charge in [0.15, 0.2) is 0 Å². The lowest BCUT2D eigenvalue weighted by Gasteiger charge is -2.45. The smallest absolute Gasteiger partial charge is 0.438 e. The number of halogens is 19. The van der Waals surface area contributed by atoms with E-state index >= 15 is 0 Å². The molecule has 21 heteroatoms. The van der Waals surface area contributed by atoms with Gasteiger partial charge in [-0.15, -0.1) is 0 Å². The summed E-state index contributed by atoms with van der Waals surface area (Å²) in [7, 11) is 0. The Labute approximate surface area is 185 Å². The molecule has 1 N–H and O–H groups in total. The van der Waals surface area contributed by atoms with Gasteiger partial charge in [0, 0.05) is 0 Å². The van der Waals surface area contributed by atoms with Crippen molar-refractivity contribution in [2.24, 2.45) is 0 Å². The van der Waals surface area contributed by atoms with Gasteiger partial charge < -0.3 is 5.11 Å². The molecule has 0 radical (unpaired) electrons. The maximum atomic E-state index is 14.0. The fraction of sp³-hybridized carbons (Fsp3) is 0.800. The fourth-order valence-corrected chi connectivity index (χ4v) is 2.44. The van der Waals surface area contributed by atoms with Gasteiger partial charge in [-0.2, -0.15) is 79.0 Å². The van der Waals surface area contributed by atoms with Gasteiger partial charge >= 0.3 is 59.5 Å². The molecule has 0 unspecified atom stereocenters. The molecule has 0 aromatic carbocycles. The average Bonchev–Trinajstić information content (AvgIpc) is 2.63. The standard InChI is InChI=1S/C15H9F19O2/c1-3-4(2)5(6(35)36)7(16,17)9(19,20)11(23,24)13(27,28)12(25,26)10(21,22)8(18,14(29,30)31)15(32,33)34/h3H2,1-2H3,(H,35,36). The van der Waals surface area contributed by atoms with Gasteiger partial charge in [-0.1, -0.05) is 12.5 Å². The van der Waals surface area contributed by atoms with E-state index in [1.165, 1.54) is 0 Å². The average molecular weight is 582 g/mol. The Morgan fingerprint density at radius 1 is 0.556 bits per heavy atom. The number of carboxylic acids is 1. The van der Waals surface area contributed by atoms with E-state index < -0.39 is 77.1 Å². The van der Waals surface area contributed by atoms with Crippen LogP contribution < -0.4 is 0 Å². The normalized spacial score (nSPS) is 16.7. The first-order chi connectivity index (χ1) is 15.3. The molecule has 36 heavy (non-hydrogen) atoms. The monoisotopic (exact) mass is 582 g/mol. The minimum atomic E-state index is -9.14. The SMILES string of the molecule is CCC(C)=C(C(=O)O)C(F)(F)C(F)(F)C(F)(F)C(F)(F)C(F)(F)C(F)(F)C(F)(C(F)(F)F)C(F)(F)F. The number of carbonyl (C=O) groups is 1. The molecule has 0 amide bonds. The van der Waals surface area contributed by atoms with Crippen molar-refractivity contribution < 1.29 is 93.3 Å². The number of carboxylic acid groups (broad SMARTS) is 1. The predicted octanol–water partition coefficient (Wildman–Crippen LogP) is 7.44. The summed E-state index contributed by atoms with van der Waals surface area (Å²) in [6.45, 7) is 0.847. The molecule has 0 saturated carbocycles. The maximum Gasteiger partial charge on any atom is 0.438 e. The van der Waals surface area contributed by atoms with E-state index in [9.17, 15) is 88.2 Å². The number of alkyl halides is 19. The van der Waals surface area contributed by atoms with Crippen LogP contribution in [-0.4, -0.2) is 64.6 Å². The number of allylic oxidation sites excluding steroid dienone is 1. The number of aliphatic carboxylic acids is 1. The van der Waals surface area contributed by atoms with Gasteiger partial charge in [-0.3, -0.25) is 0 Å². The second-order valence-corrected chi connectivity index (χ2v) is 6.91. The lowest BCUT2D eigenvalue weighted by molar-refractivity contribution is -0.471. The summed E-state index contributed by atoms with van der Waals surface area (Å²) in [5.41, 5.74) is -13.5. The first kappa shape index (κ1) is 33.9. The van der Waals surface area contributed by atoms with E-state index in [0.717, 1.165) is 0 Å². The molecule has 0 atom stereocenters. The first-order valence-electron chi connectivity index (χ1n) is 8.33. The van der Waals surface area contributed by atoms with Crippen LogP contribution in [0.3, 0.4) is 0 Å². The summed E-state index contributed by atoms with van der Waals surface area (Å²) in [6.07, 6.45) is -17.8. The van der Waals surface area contributed by atoms with Crippen LogP contribution in [0.2, 0.25) is 0 Å². The third-order valence-electron chi connectivity index (χ3n) is 4.67. The van der Waals surface area contributed by atoms with Crippen molar-refractivity contribution in [2.75, 3.05) is 0 Å². The largest absolute Gasteiger partial charge is 0.478 e. The van der Waals surface area contributed by atoms with Crippen molar-refractivity contribution in [3.8, 4) is 0 Å². The fourth-order valence-electron chi connectivity index (χ4n) is 2.44. The zero-order valence-electron chi connectivity index (χ0n) is 16.7. The molecular formula is C15H9F19O2. The number of hydrogen-bond acceptors (Lipinski definition) is 1. The molecule has 0 rings (SSSR count). The summed E-state index contributed by atoms with van der Waals surface area (Å²) in [4.78, 5) is 10.8. The third kappa shape index (κ3) is 4.12. The summed E-state index contributed by atoms with van der Waals surface area (Å²) in [5, 5.41) is 8.55. The van der Waals surface area contributed by atoms with Crippen molar-refractivity contribution in [1.82, 2.24) is 0 Å². The van der Waals surface area contributed by atoms with Gasteiger partial charge in [0.25, 0.3) is 0 Å². The van der Waals surface area contributed by atoms with Crippen LogP contribution >= 0.6 is 0 Å². The highest BCUT2D eigenvalue weighted by molar-refractivity contribution is 5.89. The Morgan fingerprint density at radius 2 is 0.833 bits per heavy atom. The van der Waals surface area contributed by atoms with E-state index in [1.807, 2.05) is 0 Å². The third-order valence-corrected chi connectivity index (χ3v) is 4.67. The summed E-state index contributed by atoms with van der Waals surface area (Å²) in [5.74, 6) is -54.8. The molecular weight excluding hydrogens is 573 g/mol. The zero-order chi connectivity index (χ0) is 29.9. The molecule has 0 saturated heterocycles. The Bertz CT molecular complexity index is 862. The minimum absolute atomic E-state index is 0.177. The van der Waals surface area contributed by atoms with E-state index in [2.05, 4.69) is 0 Å². The highest BCUT2D eigenvalue weighted by atomic mass is 19.4. The van der Waals surface area contributed by atoms with Crippen LogP contribution in [0.4, 0.5) is 83.4 Å². The molecule has 0 spiro atoms. The summed E-state index contributed by atoms with van der Waals surface area (Å²) in [6, 6.07) is 0. The number of rotatable bonds is 9. The van der Waals surface area contributed by atoms with Crippen LogP contribution in [0.5, 0.6) is 0 Å². The molecule has 214 valence electrons. The van der Waals surface area contributed by atoms with E-state index in [0.29, 0.717) is 6.92 Å². The Kier molecular flexibility index (Phi) is 8.21. The molecule has 0 heterocycles. The lowest BCUT2D eigenvalue weighted by Crippen LogP contribution is -2.77. The molecule has 0 bridgehead atoms. The van der Waals surface area contributed by atoms with Crippen molar-refractivity contribution >= 4 is 5.97 Å². The molecule has 0 aliphatic carbocycles. The quantitative estimate of drug-likeness (QED) is 0.227. The second kappa shape index (κ2) is 8.73. The molecule has 0 fully saturated rings. The van der Waals surface area contributed by atoms with Gasteiger partial charge in [-0.05, 0) is 13.3 Å². The van der Waals surface area contributed by atoms with Crippen LogP contribution in [0.1, 0.15) is 20.3 Å². The predicted molar refractivity (Wildman–Crippen MR) is 76.3 cm³/mol. The van der Waals surface area contributed by atoms with E-state index in [1.54, 1.807) is 0 Å². The highest BCUT2D eigenvalue weighted by Gasteiger charge is 2.98. The maximum absolute atomic E-state index is 14.0. The van der Waals surface area contributed by atoms with Crippen molar-refractivity contribution in [1.29, 1.82) is 0 Å². The van der Waals surface area contributed by atoms with Gasteiger partial charge in [0.05, 0.1) is 0 Å². The topological polar surface area (TPSA) is 37.3 Å². The van der Waals surface area contributed by atoms with Crippen LogP contribution in [-0.2, 0) is 4.79 Å². The Morgan fingerprint density at radius 3 is 1.08 bits per heavy atom. The molecule has 0 aromatic rings. The van der Waals surface area contributed by atoms with Gasteiger partial charge in [-0.25, -0.2) is 9.18 Å². The molecule has 0 aliphatic heterocycles. The Balaban J connectivity index is 7.42. The van der Waals surface area contributed by atoms with Gasteiger partial charge in [0.2, 0.25) is 0 Å². The van der Waals surface area contributed by atoms with E-state index in [4.69, 9.17) is 5.11 Å². The van der Waals surface area contributed by atoms with Crippen LogP contribution in [0.25, 0.3) is 0 Å². The van der Waals surface area contributed by atoms with Crippen molar-refractivity contribution in [3.05, 3.63) is 11.1 Å². The molecule has 0 aliphatic rings. The summed E-state index contributed by atoms with van der Waals surface area (Å²) >= 11 is 0. The first-order valence-corrected chi connectivity index (χ1v) is 8.33. The van der Waals surface area contributed by atoms with Crippen molar-refractivity contribution in [2.45, 2.75) is 73.8 Å².